The summed E-state index contributed by atoms with van der Waals surface area (Å²) in [5.41, 5.74) is 3.25. The molecule has 1 N–H and O–H groups in total. The van der Waals surface area contributed by atoms with Crippen molar-refractivity contribution in [3.63, 3.8) is 0 Å². The molecule has 26 heavy (non-hydrogen) atoms. The van der Waals surface area contributed by atoms with E-state index in [4.69, 9.17) is 4.74 Å². The van der Waals surface area contributed by atoms with Crippen LogP contribution in [0.1, 0.15) is 10.4 Å². The average molecular weight is 348 g/mol. The van der Waals surface area contributed by atoms with Crippen molar-refractivity contribution in [2.45, 2.75) is 0 Å². The largest absolute Gasteiger partial charge is 0.378 e. The van der Waals surface area contributed by atoms with E-state index in [1.165, 1.54) is 0 Å². The zero-order valence-corrected chi connectivity index (χ0v) is 14.3. The predicted octanol–water partition coefficient (Wildman–Crippen LogP) is 2.96. The quantitative estimate of drug-likeness (QED) is 0.787. The number of para-hydroxylation sites is 3. The monoisotopic (exact) mass is 348 g/mol. The molecule has 0 atom stereocenters. The molecule has 6 heteroatoms. The maximum absolute atomic E-state index is 12.7. The molecule has 2 heterocycles. The van der Waals surface area contributed by atoms with Crippen molar-refractivity contribution in [3.8, 4) is 5.69 Å². The first-order valence-corrected chi connectivity index (χ1v) is 8.64. The minimum absolute atomic E-state index is 0.173. The number of nitrogens with one attached hydrogen (secondary N) is 1. The number of anilines is 2. The van der Waals surface area contributed by atoms with Gasteiger partial charge in [0.15, 0.2) is 0 Å². The maximum Gasteiger partial charge on any atom is 0.258 e. The fourth-order valence-electron chi connectivity index (χ4n) is 3.02. The fraction of sp³-hybridized carbons (Fsp3) is 0.200. The molecule has 1 aromatic heterocycles. The molecule has 4 rings (SSSR count). The lowest BCUT2D eigenvalue weighted by molar-refractivity contribution is 0.102. The first-order chi connectivity index (χ1) is 12.8. The van der Waals surface area contributed by atoms with Gasteiger partial charge in [0.1, 0.15) is 0 Å². The lowest BCUT2D eigenvalue weighted by atomic mass is 10.2. The van der Waals surface area contributed by atoms with Crippen LogP contribution in [0.3, 0.4) is 0 Å². The Hall–Kier alpha value is -3.12. The van der Waals surface area contributed by atoms with E-state index in [0.29, 0.717) is 18.8 Å². The molecule has 2 aromatic carbocycles. The highest BCUT2D eigenvalue weighted by Gasteiger charge is 2.17. The van der Waals surface area contributed by atoms with E-state index >= 15 is 0 Å². The van der Waals surface area contributed by atoms with E-state index in [9.17, 15) is 4.79 Å². The van der Waals surface area contributed by atoms with Gasteiger partial charge in [0.25, 0.3) is 5.91 Å². The number of carbonyl (C=O) groups is 1. The van der Waals surface area contributed by atoms with Crippen LogP contribution in [0.4, 0.5) is 11.4 Å². The Bertz CT molecular complexity index is 886. The second-order valence-corrected chi connectivity index (χ2v) is 6.08. The van der Waals surface area contributed by atoms with Crippen molar-refractivity contribution in [2.75, 3.05) is 36.5 Å². The van der Waals surface area contributed by atoms with Crippen molar-refractivity contribution in [3.05, 3.63) is 72.6 Å². The first kappa shape index (κ1) is 16.4. The van der Waals surface area contributed by atoms with Crippen molar-refractivity contribution in [1.82, 2.24) is 9.78 Å². The average Bonchev–Trinajstić information content (AvgIpc) is 3.20. The number of aromatic nitrogens is 2. The van der Waals surface area contributed by atoms with E-state index < -0.39 is 0 Å². The molecule has 1 fully saturated rings. The number of hydrogen-bond donors (Lipinski definition) is 1. The molecule has 1 amide bonds. The molecule has 0 aliphatic carbocycles. The minimum Gasteiger partial charge on any atom is -0.378 e. The van der Waals surface area contributed by atoms with Gasteiger partial charge in [-0.15, -0.1) is 0 Å². The number of nitrogens with zero attached hydrogens (tertiary/aromatic N) is 3. The van der Waals surface area contributed by atoms with Crippen LogP contribution in [0.15, 0.2) is 67.0 Å². The third-order valence-corrected chi connectivity index (χ3v) is 4.37. The van der Waals surface area contributed by atoms with Gasteiger partial charge in [0.2, 0.25) is 0 Å². The second kappa shape index (κ2) is 7.41. The van der Waals surface area contributed by atoms with E-state index in [2.05, 4.69) is 15.3 Å². The SMILES string of the molecule is O=C(Nc1ccccc1N1CCOCC1)c1cnn(-c2ccccc2)c1. The standard InChI is InChI=1S/C20H20N4O2/c25-20(16-14-21-24(15-16)17-6-2-1-3-7-17)22-18-8-4-5-9-19(18)23-10-12-26-13-11-23/h1-9,14-15H,10-13H2,(H,22,25). The van der Waals surface area contributed by atoms with Crippen LogP contribution < -0.4 is 10.2 Å². The van der Waals surface area contributed by atoms with Crippen molar-refractivity contribution < 1.29 is 9.53 Å². The number of benzene rings is 2. The van der Waals surface area contributed by atoms with Gasteiger partial charge in [-0.1, -0.05) is 30.3 Å². The summed E-state index contributed by atoms with van der Waals surface area (Å²) in [4.78, 5) is 14.9. The number of rotatable bonds is 4. The van der Waals surface area contributed by atoms with Gasteiger partial charge in [-0.3, -0.25) is 4.79 Å². The zero-order valence-electron chi connectivity index (χ0n) is 14.3. The first-order valence-electron chi connectivity index (χ1n) is 8.64. The Morgan fingerprint density at radius 1 is 1.00 bits per heavy atom. The molecule has 3 aromatic rings. The van der Waals surface area contributed by atoms with Gasteiger partial charge >= 0.3 is 0 Å². The summed E-state index contributed by atoms with van der Waals surface area (Å²) in [5, 5.41) is 7.30. The van der Waals surface area contributed by atoms with Gasteiger partial charge in [-0.05, 0) is 24.3 Å². The van der Waals surface area contributed by atoms with Crippen LogP contribution in [-0.4, -0.2) is 42.0 Å². The summed E-state index contributed by atoms with van der Waals surface area (Å²) in [7, 11) is 0. The zero-order chi connectivity index (χ0) is 17.8. The number of ether oxygens (including phenoxy) is 1. The summed E-state index contributed by atoms with van der Waals surface area (Å²) in [5.74, 6) is -0.173. The van der Waals surface area contributed by atoms with E-state index in [0.717, 1.165) is 30.2 Å². The van der Waals surface area contributed by atoms with E-state index in [-0.39, 0.29) is 5.91 Å². The summed E-state index contributed by atoms with van der Waals surface area (Å²) in [6.07, 6.45) is 3.32. The normalized spacial score (nSPS) is 14.2. The highest BCUT2D eigenvalue weighted by atomic mass is 16.5. The molecule has 0 spiro atoms. The number of amides is 1. The third kappa shape index (κ3) is 3.45. The van der Waals surface area contributed by atoms with Crippen molar-refractivity contribution in [1.29, 1.82) is 0 Å². The number of morpholine rings is 1. The highest BCUT2D eigenvalue weighted by molar-refractivity contribution is 6.05. The number of carbonyl (C=O) groups excluding carboxylic acids is 1. The van der Waals surface area contributed by atoms with Crippen LogP contribution >= 0.6 is 0 Å². The second-order valence-electron chi connectivity index (χ2n) is 6.08. The highest BCUT2D eigenvalue weighted by Crippen LogP contribution is 2.26. The summed E-state index contributed by atoms with van der Waals surface area (Å²) >= 11 is 0. The van der Waals surface area contributed by atoms with E-state index in [1.807, 2.05) is 54.6 Å². The lowest BCUT2D eigenvalue weighted by Gasteiger charge is -2.30. The summed E-state index contributed by atoms with van der Waals surface area (Å²) in [6.45, 7) is 3.04. The third-order valence-electron chi connectivity index (χ3n) is 4.37. The van der Waals surface area contributed by atoms with Gasteiger partial charge < -0.3 is 15.0 Å². The molecular weight excluding hydrogens is 328 g/mol. The Morgan fingerprint density at radius 2 is 1.73 bits per heavy atom. The van der Waals surface area contributed by atoms with Crippen molar-refractivity contribution >= 4 is 17.3 Å². The smallest absolute Gasteiger partial charge is 0.258 e. The summed E-state index contributed by atoms with van der Waals surface area (Å²) < 4.78 is 7.11. The molecule has 0 radical (unpaired) electrons. The van der Waals surface area contributed by atoms with E-state index in [1.54, 1.807) is 17.1 Å². The van der Waals surface area contributed by atoms with Gasteiger partial charge in [0.05, 0.1) is 42.0 Å². The molecular formula is C20H20N4O2. The van der Waals surface area contributed by atoms with Crippen molar-refractivity contribution in [2.24, 2.45) is 0 Å². The molecule has 6 nitrogen and oxygen atoms in total. The molecule has 0 unspecified atom stereocenters. The van der Waals surface area contributed by atoms with Crippen LogP contribution in [0, 0.1) is 0 Å². The molecule has 0 saturated carbocycles. The maximum atomic E-state index is 12.7. The Labute approximate surface area is 152 Å². The fourth-order valence-corrected chi connectivity index (χ4v) is 3.02. The Kier molecular flexibility index (Phi) is 4.66. The molecule has 132 valence electrons. The Morgan fingerprint density at radius 3 is 2.54 bits per heavy atom. The predicted molar refractivity (Wildman–Crippen MR) is 101 cm³/mol. The molecule has 1 aliphatic heterocycles. The molecule has 1 saturated heterocycles. The Balaban J connectivity index is 1.53. The number of hydrogen-bond acceptors (Lipinski definition) is 4. The van der Waals surface area contributed by atoms with Crippen LogP contribution in [0.25, 0.3) is 5.69 Å². The molecule has 0 bridgehead atoms. The van der Waals surface area contributed by atoms with Crippen LogP contribution in [-0.2, 0) is 4.74 Å². The van der Waals surface area contributed by atoms with Gasteiger partial charge in [-0.2, -0.15) is 5.10 Å². The van der Waals surface area contributed by atoms with Crippen LogP contribution in [0.5, 0.6) is 0 Å². The topological polar surface area (TPSA) is 59.4 Å². The van der Waals surface area contributed by atoms with Crippen LogP contribution in [0.2, 0.25) is 0 Å². The minimum atomic E-state index is -0.173. The summed E-state index contributed by atoms with van der Waals surface area (Å²) in [6, 6.07) is 17.6. The van der Waals surface area contributed by atoms with Gasteiger partial charge in [0, 0.05) is 19.3 Å². The lowest BCUT2D eigenvalue weighted by Crippen LogP contribution is -2.36. The van der Waals surface area contributed by atoms with Gasteiger partial charge in [-0.25, -0.2) is 4.68 Å². The molecule has 1 aliphatic rings.